The predicted octanol–water partition coefficient (Wildman–Crippen LogP) is 4.25. The highest BCUT2D eigenvalue weighted by molar-refractivity contribution is 6.42. The van der Waals surface area contributed by atoms with E-state index >= 15 is 0 Å². The van der Waals surface area contributed by atoms with E-state index in [1.165, 1.54) is 6.42 Å². The Bertz CT molecular complexity index is 561. The highest BCUT2D eigenvalue weighted by Gasteiger charge is 2.37. The van der Waals surface area contributed by atoms with Crippen molar-refractivity contribution < 1.29 is 0 Å². The Morgan fingerprint density at radius 1 is 1.32 bits per heavy atom. The molecule has 1 saturated heterocycles. The van der Waals surface area contributed by atoms with Gasteiger partial charge in [-0.2, -0.15) is 0 Å². The molecule has 0 aliphatic carbocycles. The van der Waals surface area contributed by atoms with Crippen molar-refractivity contribution in [2.75, 3.05) is 6.54 Å². The molecule has 1 fully saturated rings. The fourth-order valence-corrected chi connectivity index (χ4v) is 3.32. The number of fused-ring (bicyclic) bond motifs is 1. The Hall–Kier alpha value is -0.770. The summed E-state index contributed by atoms with van der Waals surface area (Å²) >= 11 is 12.1. The van der Waals surface area contributed by atoms with E-state index in [1.807, 2.05) is 12.1 Å². The van der Waals surface area contributed by atoms with Crippen LogP contribution in [0.5, 0.6) is 0 Å². The average Bonchev–Trinajstić information content (AvgIpc) is 2.98. The van der Waals surface area contributed by atoms with Gasteiger partial charge in [-0.1, -0.05) is 36.5 Å². The van der Waals surface area contributed by atoms with Crippen LogP contribution in [0.2, 0.25) is 10.0 Å². The molecule has 3 nitrogen and oxygen atoms in total. The number of aromatic amines is 1. The summed E-state index contributed by atoms with van der Waals surface area (Å²) in [6.45, 7) is 3.26. The smallest absolute Gasteiger partial charge is 0.127 e. The number of rotatable bonds is 3. The third-order valence-electron chi connectivity index (χ3n) is 3.90. The van der Waals surface area contributed by atoms with E-state index in [0.29, 0.717) is 10.0 Å². The fraction of sp³-hybridized carbons (Fsp3) is 0.500. The number of benzene rings is 1. The summed E-state index contributed by atoms with van der Waals surface area (Å²) in [6.07, 6.45) is 4.54. The molecule has 1 atom stereocenters. The van der Waals surface area contributed by atoms with Crippen molar-refractivity contribution in [1.82, 2.24) is 15.3 Å². The summed E-state index contributed by atoms with van der Waals surface area (Å²) in [5.41, 5.74) is 1.83. The number of H-pyrrole nitrogens is 1. The molecule has 0 amide bonds. The standard InChI is InChI=1S/C14H17Cl2N3/c1-2-4-14(5-3-6-17-14)13-18-11-7-9(15)10(16)8-12(11)19-13/h7-8,17H,2-6H2,1H3,(H,18,19). The normalized spacial score (nSPS) is 23.3. The molecule has 1 aliphatic heterocycles. The summed E-state index contributed by atoms with van der Waals surface area (Å²) in [5.74, 6) is 1.01. The molecule has 0 radical (unpaired) electrons. The minimum Gasteiger partial charge on any atom is -0.340 e. The number of hydrogen-bond acceptors (Lipinski definition) is 2. The first-order valence-electron chi connectivity index (χ1n) is 6.75. The number of hydrogen-bond donors (Lipinski definition) is 2. The van der Waals surface area contributed by atoms with E-state index < -0.39 is 0 Å². The Labute approximate surface area is 122 Å². The number of aromatic nitrogens is 2. The molecule has 0 saturated carbocycles. The maximum Gasteiger partial charge on any atom is 0.127 e. The lowest BCUT2D eigenvalue weighted by atomic mass is 9.91. The molecule has 2 heterocycles. The minimum absolute atomic E-state index is 0.00722. The van der Waals surface area contributed by atoms with Crippen molar-refractivity contribution in [1.29, 1.82) is 0 Å². The average molecular weight is 298 g/mol. The molecular formula is C14H17Cl2N3. The summed E-state index contributed by atoms with van der Waals surface area (Å²) < 4.78 is 0. The third-order valence-corrected chi connectivity index (χ3v) is 4.62. The van der Waals surface area contributed by atoms with Gasteiger partial charge in [0.25, 0.3) is 0 Å². The van der Waals surface area contributed by atoms with E-state index in [0.717, 1.165) is 42.7 Å². The number of nitrogens with one attached hydrogen (secondary N) is 2. The van der Waals surface area contributed by atoms with Crippen LogP contribution in [0.3, 0.4) is 0 Å². The molecule has 1 aromatic heterocycles. The monoisotopic (exact) mass is 297 g/mol. The van der Waals surface area contributed by atoms with Crippen molar-refractivity contribution in [2.45, 2.75) is 38.1 Å². The van der Waals surface area contributed by atoms with Crippen LogP contribution >= 0.6 is 23.2 Å². The van der Waals surface area contributed by atoms with Crippen molar-refractivity contribution in [3.8, 4) is 0 Å². The SMILES string of the molecule is CCCC1(c2nc3cc(Cl)c(Cl)cc3[nH]2)CCCN1. The first-order chi connectivity index (χ1) is 9.14. The molecule has 19 heavy (non-hydrogen) atoms. The first kappa shape index (κ1) is 13.2. The zero-order chi connectivity index (χ0) is 13.5. The van der Waals surface area contributed by atoms with Crippen LogP contribution in [-0.2, 0) is 5.54 Å². The van der Waals surface area contributed by atoms with Crippen LogP contribution in [0.1, 0.15) is 38.4 Å². The third kappa shape index (κ3) is 2.24. The van der Waals surface area contributed by atoms with Gasteiger partial charge in [0.2, 0.25) is 0 Å². The van der Waals surface area contributed by atoms with Gasteiger partial charge in [-0.15, -0.1) is 0 Å². The van der Waals surface area contributed by atoms with Gasteiger partial charge in [-0.25, -0.2) is 4.98 Å². The number of imidazole rings is 1. The van der Waals surface area contributed by atoms with Crippen molar-refractivity contribution >= 4 is 34.2 Å². The molecule has 0 spiro atoms. The van der Waals surface area contributed by atoms with Crippen LogP contribution in [-0.4, -0.2) is 16.5 Å². The second-order valence-electron chi connectivity index (χ2n) is 5.23. The molecule has 0 bridgehead atoms. The second kappa shape index (κ2) is 4.97. The minimum atomic E-state index is -0.00722. The van der Waals surface area contributed by atoms with Gasteiger partial charge in [0.1, 0.15) is 5.82 Å². The summed E-state index contributed by atoms with van der Waals surface area (Å²) in [7, 11) is 0. The van der Waals surface area contributed by atoms with Gasteiger partial charge >= 0.3 is 0 Å². The number of halogens is 2. The van der Waals surface area contributed by atoms with E-state index in [2.05, 4.69) is 17.2 Å². The van der Waals surface area contributed by atoms with Crippen molar-refractivity contribution in [3.05, 3.63) is 28.0 Å². The first-order valence-corrected chi connectivity index (χ1v) is 7.50. The van der Waals surface area contributed by atoms with E-state index in [9.17, 15) is 0 Å². The Balaban J connectivity index is 2.09. The molecule has 1 aliphatic rings. The van der Waals surface area contributed by atoms with E-state index in [-0.39, 0.29) is 5.54 Å². The van der Waals surface area contributed by atoms with Crippen LogP contribution in [0.4, 0.5) is 0 Å². The molecule has 2 N–H and O–H groups in total. The summed E-state index contributed by atoms with van der Waals surface area (Å²) in [6, 6.07) is 3.68. The van der Waals surface area contributed by atoms with Crippen molar-refractivity contribution in [2.24, 2.45) is 0 Å². The molecular weight excluding hydrogens is 281 g/mol. The lowest BCUT2D eigenvalue weighted by Crippen LogP contribution is -2.37. The maximum absolute atomic E-state index is 6.06. The van der Waals surface area contributed by atoms with Crippen LogP contribution in [0.25, 0.3) is 11.0 Å². The van der Waals surface area contributed by atoms with Gasteiger partial charge in [-0.05, 0) is 37.9 Å². The van der Waals surface area contributed by atoms with Gasteiger partial charge < -0.3 is 10.3 Å². The summed E-state index contributed by atoms with van der Waals surface area (Å²) in [4.78, 5) is 8.14. The lowest BCUT2D eigenvalue weighted by Gasteiger charge is -2.26. The van der Waals surface area contributed by atoms with E-state index in [1.54, 1.807) is 0 Å². The maximum atomic E-state index is 6.06. The van der Waals surface area contributed by atoms with Crippen LogP contribution in [0.15, 0.2) is 12.1 Å². The molecule has 2 aromatic rings. The molecule has 1 unspecified atom stereocenters. The van der Waals surface area contributed by atoms with Gasteiger partial charge in [-0.3, -0.25) is 0 Å². The predicted molar refractivity (Wildman–Crippen MR) is 79.9 cm³/mol. The van der Waals surface area contributed by atoms with Gasteiger partial charge in [0, 0.05) is 0 Å². The topological polar surface area (TPSA) is 40.7 Å². The zero-order valence-corrected chi connectivity index (χ0v) is 12.4. The molecule has 5 heteroatoms. The fourth-order valence-electron chi connectivity index (χ4n) is 3.00. The zero-order valence-electron chi connectivity index (χ0n) is 10.9. The lowest BCUT2D eigenvalue weighted by molar-refractivity contribution is 0.338. The van der Waals surface area contributed by atoms with E-state index in [4.69, 9.17) is 28.2 Å². The number of nitrogens with zero attached hydrogens (tertiary/aromatic N) is 1. The largest absolute Gasteiger partial charge is 0.340 e. The molecule has 3 rings (SSSR count). The molecule has 102 valence electrons. The highest BCUT2D eigenvalue weighted by atomic mass is 35.5. The summed E-state index contributed by atoms with van der Waals surface area (Å²) in [5, 5.41) is 4.73. The van der Waals surface area contributed by atoms with Crippen molar-refractivity contribution in [3.63, 3.8) is 0 Å². The Kier molecular flexibility index (Phi) is 3.46. The molecule has 1 aromatic carbocycles. The second-order valence-corrected chi connectivity index (χ2v) is 6.05. The Morgan fingerprint density at radius 3 is 2.79 bits per heavy atom. The van der Waals surface area contributed by atoms with Gasteiger partial charge in [0.05, 0.1) is 26.6 Å². The van der Waals surface area contributed by atoms with Crippen LogP contribution in [0, 0.1) is 0 Å². The van der Waals surface area contributed by atoms with Crippen LogP contribution < -0.4 is 5.32 Å². The Morgan fingerprint density at radius 2 is 2.11 bits per heavy atom. The van der Waals surface area contributed by atoms with Gasteiger partial charge in [0.15, 0.2) is 0 Å². The highest BCUT2D eigenvalue weighted by Crippen LogP contribution is 2.35. The quantitative estimate of drug-likeness (QED) is 0.889.